The molecule has 0 aromatic heterocycles. The maximum atomic E-state index is 12.9. The highest BCUT2D eigenvalue weighted by molar-refractivity contribution is 6.08. The second-order valence-corrected chi connectivity index (χ2v) is 7.30. The van der Waals surface area contributed by atoms with E-state index in [4.69, 9.17) is 0 Å². The maximum Gasteiger partial charge on any atom is 0.422 e. The number of hydrogen-bond donors (Lipinski definition) is 1. The lowest BCUT2D eigenvalue weighted by Gasteiger charge is -2.17. The lowest BCUT2D eigenvalue weighted by Crippen LogP contribution is -2.28. The number of rotatable bonds is 5. The predicted molar refractivity (Wildman–Crippen MR) is 114 cm³/mol. The number of carbonyl (C=O) groups is 2. The van der Waals surface area contributed by atoms with Gasteiger partial charge < -0.3 is 15.0 Å². The van der Waals surface area contributed by atoms with Crippen LogP contribution in [0, 0.1) is 0 Å². The average molecular weight is 440 g/mol. The molecule has 0 atom stereocenters. The van der Waals surface area contributed by atoms with E-state index in [0.717, 1.165) is 17.7 Å². The zero-order chi connectivity index (χ0) is 22.7. The zero-order valence-electron chi connectivity index (χ0n) is 16.9. The molecule has 0 unspecified atom stereocenters. The van der Waals surface area contributed by atoms with Gasteiger partial charge in [-0.15, -0.1) is 0 Å². The molecule has 0 saturated heterocycles. The summed E-state index contributed by atoms with van der Waals surface area (Å²) >= 11 is 0. The summed E-state index contributed by atoms with van der Waals surface area (Å²) < 4.78 is 41.3. The van der Waals surface area contributed by atoms with Crippen molar-refractivity contribution in [2.24, 2.45) is 0 Å². The molecule has 2 amide bonds. The number of halogens is 3. The number of amides is 2. The summed E-state index contributed by atoms with van der Waals surface area (Å²) in [7, 11) is 0. The van der Waals surface area contributed by atoms with Crippen molar-refractivity contribution in [3.63, 3.8) is 0 Å². The van der Waals surface area contributed by atoms with Crippen molar-refractivity contribution >= 4 is 23.2 Å². The summed E-state index contributed by atoms with van der Waals surface area (Å²) in [6.45, 7) is -0.772. The number of para-hydroxylation sites is 1. The summed E-state index contributed by atoms with van der Waals surface area (Å²) in [6, 6.07) is 19.7. The van der Waals surface area contributed by atoms with Gasteiger partial charge in [-0.3, -0.25) is 9.59 Å². The van der Waals surface area contributed by atoms with Crippen molar-refractivity contribution in [1.29, 1.82) is 0 Å². The van der Waals surface area contributed by atoms with E-state index in [1.807, 2.05) is 24.3 Å². The smallest absolute Gasteiger partial charge is 0.422 e. The quantitative estimate of drug-likeness (QED) is 0.602. The Morgan fingerprint density at radius 2 is 1.56 bits per heavy atom. The third-order valence-electron chi connectivity index (χ3n) is 5.04. The number of carbonyl (C=O) groups excluding carboxylic acids is 2. The molecule has 4 rings (SSSR count). The second kappa shape index (κ2) is 8.74. The molecule has 0 aliphatic carbocycles. The molecule has 8 heteroatoms. The van der Waals surface area contributed by atoms with Crippen LogP contribution in [0.5, 0.6) is 5.75 Å². The van der Waals surface area contributed by atoms with E-state index in [0.29, 0.717) is 17.8 Å². The number of nitrogens with one attached hydrogen (secondary N) is 1. The molecule has 164 valence electrons. The molecular formula is C24H19F3N2O3. The Morgan fingerprint density at radius 1 is 0.906 bits per heavy atom. The molecule has 1 N–H and O–H groups in total. The summed E-state index contributed by atoms with van der Waals surface area (Å²) in [5, 5.41) is 2.70. The van der Waals surface area contributed by atoms with E-state index in [-0.39, 0.29) is 17.2 Å². The van der Waals surface area contributed by atoms with Gasteiger partial charge in [-0.1, -0.05) is 18.2 Å². The zero-order valence-corrected chi connectivity index (χ0v) is 16.9. The minimum atomic E-state index is -4.43. The Bertz CT molecular complexity index is 1130. The largest absolute Gasteiger partial charge is 0.484 e. The molecule has 1 heterocycles. The number of fused-ring (bicyclic) bond motifs is 1. The Labute approximate surface area is 182 Å². The highest BCUT2D eigenvalue weighted by Crippen LogP contribution is 2.29. The van der Waals surface area contributed by atoms with Crippen molar-refractivity contribution < 1.29 is 27.5 Å². The van der Waals surface area contributed by atoms with E-state index >= 15 is 0 Å². The van der Waals surface area contributed by atoms with Gasteiger partial charge in [0.1, 0.15) is 5.75 Å². The Kier molecular flexibility index (Phi) is 5.85. The van der Waals surface area contributed by atoms with Crippen molar-refractivity contribution in [1.82, 2.24) is 0 Å². The molecule has 0 radical (unpaired) electrons. The third-order valence-corrected chi connectivity index (χ3v) is 5.04. The van der Waals surface area contributed by atoms with E-state index in [9.17, 15) is 22.8 Å². The lowest BCUT2D eigenvalue weighted by atomic mass is 10.1. The standard InChI is InChI=1S/C24H19F3N2O3/c25-24(26,27)15-32-20-11-7-17(8-12-20)22(30)28-19-9-5-18(6-10-19)23(31)29-14-13-16-3-1-2-4-21(16)29/h1-12H,13-15H2,(H,28,30). The van der Waals surface area contributed by atoms with Gasteiger partial charge in [0.05, 0.1) is 0 Å². The summed E-state index contributed by atoms with van der Waals surface area (Å²) in [5.74, 6) is -0.521. The van der Waals surface area contributed by atoms with Crippen LogP contribution in [0.3, 0.4) is 0 Å². The molecule has 1 aliphatic rings. The first kappa shape index (κ1) is 21.4. The molecule has 3 aromatic carbocycles. The Balaban J connectivity index is 1.37. The fourth-order valence-corrected chi connectivity index (χ4v) is 3.47. The topological polar surface area (TPSA) is 58.6 Å². The Hall–Kier alpha value is -3.81. The summed E-state index contributed by atoms with van der Waals surface area (Å²) in [6.07, 6.45) is -3.61. The lowest BCUT2D eigenvalue weighted by molar-refractivity contribution is -0.153. The van der Waals surface area contributed by atoms with Crippen molar-refractivity contribution in [2.45, 2.75) is 12.6 Å². The molecule has 1 aliphatic heterocycles. The minimum absolute atomic E-state index is 0.0187. The van der Waals surface area contributed by atoms with Crippen LogP contribution in [-0.2, 0) is 6.42 Å². The molecule has 32 heavy (non-hydrogen) atoms. The first-order valence-corrected chi connectivity index (χ1v) is 9.91. The number of alkyl halides is 3. The van der Waals surface area contributed by atoms with Crippen molar-refractivity contribution in [3.05, 3.63) is 89.5 Å². The van der Waals surface area contributed by atoms with Gasteiger partial charge in [0.2, 0.25) is 0 Å². The SMILES string of the molecule is O=C(Nc1ccc(C(=O)N2CCc3ccccc32)cc1)c1ccc(OCC(F)(F)F)cc1. The highest BCUT2D eigenvalue weighted by Gasteiger charge is 2.28. The summed E-state index contributed by atoms with van der Waals surface area (Å²) in [4.78, 5) is 27.0. The van der Waals surface area contributed by atoms with Crippen LogP contribution in [0.15, 0.2) is 72.8 Å². The monoisotopic (exact) mass is 440 g/mol. The second-order valence-electron chi connectivity index (χ2n) is 7.30. The number of benzene rings is 3. The van der Waals surface area contributed by atoms with E-state index in [1.54, 1.807) is 29.2 Å². The van der Waals surface area contributed by atoms with Gasteiger partial charge in [-0.2, -0.15) is 13.2 Å². The average Bonchev–Trinajstić information content (AvgIpc) is 3.22. The van der Waals surface area contributed by atoms with Crippen molar-refractivity contribution in [2.75, 3.05) is 23.4 Å². The van der Waals surface area contributed by atoms with Gasteiger partial charge in [0.15, 0.2) is 6.61 Å². The molecular weight excluding hydrogens is 421 g/mol. The fraction of sp³-hybridized carbons (Fsp3) is 0.167. The van der Waals surface area contributed by atoms with Gasteiger partial charge in [0.25, 0.3) is 11.8 Å². The Morgan fingerprint density at radius 3 is 2.25 bits per heavy atom. The van der Waals surface area contributed by atoms with Crippen LogP contribution < -0.4 is 15.0 Å². The van der Waals surface area contributed by atoms with Gasteiger partial charge in [0, 0.05) is 29.0 Å². The van der Waals surface area contributed by atoms with Crippen LogP contribution in [0.1, 0.15) is 26.3 Å². The highest BCUT2D eigenvalue weighted by atomic mass is 19.4. The van der Waals surface area contributed by atoms with E-state index in [1.165, 1.54) is 24.3 Å². The van der Waals surface area contributed by atoms with Gasteiger partial charge >= 0.3 is 6.18 Å². The molecule has 0 saturated carbocycles. The summed E-state index contributed by atoms with van der Waals surface area (Å²) in [5.41, 5.74) is 3.31. The first-order chi connectivity index (χ1) is 15.3. The van der Waals surface area contributed by atoms with Gasteiger partial charge in [-0.05, 0) is 66.6 Å². The van der Waals surface area contributed by atoms with Crippen LogP contribution in [-0.4, -0.2) is 31.1 Å². The van der Waals surface area contributed by atoms with Crippen molar-refractivity contribution in [3.8, 4) is 5.75 Å². The molecule has 0 spiro atoms. The molecule has 5 nitrogen and oxygen atoms in total. The minimum Gasteiger partial charge on any atom is -0.484 e. The van der Waals surface area contributed by atoms with Crippen LogP contribution >= 0.6 is 0 Å². The van der Waals surface area contributed by atoms with Gasteiger partial charge in [-0.25, -0.2) is 0 Å². The molecule has 0 bridgehead atoms. The molecule has 3 aromatic rings. The van der Waals surface area contributed by atoms with Crippen LogP contribution in [0.4, 0.5) is 24.5 Å². The number of anilines is 2. The van der Waals surface area contributed by atoms with E-state index < -0.39 is 18.7 Å². The fourth-order valence-electron chi connectivity index (χ4n) is 3.47. The number of ether oxygens (including phenoxy) is 1. The van der Waals surface area contributed by atoms with E-state index in [2.05, 4.69) is 10.1 Å². The van der Waals surface area contributed by atoms with Crippen LogP contribution in [0.2, 0.25) is 0 Å². The van der Waals surface area contributed by atoms with Crippen LogP contribution in [0.25, 0.3) is 0 Å². The number of hydrogen-bond acceptors (Lipinski definition) is 3. The predicted octanol–water partition coefficient (Wildman–Crippen LogP) is 5.08. The normalized spacial score (nSPS) is 12.9. The maximum absolute atomic E-state index is 12.9. The first-order valence-electron chi connectivity index (χ1n) is 9.91. The third kappa shape index (κ3) is 4.91. The molecule has 0 fully saturated rings. The number of nitrogens with zero attached hydrogens (tertiary/aromatic N) is 1.